The molecule has 0 saturated carbocycles. The van der Waals surface area contributed by atoms with Gasteiger partial charge in [-0.05, 0) is 0 Å². The largest absolute Gasteiger partial charge is 0.395 e. The van der Waals surface area contributed by atoms with Gasteiger partial charge in [-0.2, -0.15) is 0 Å². The molecule has 0 spiro atoms. The van der Waals surface area contributed by atoms with E-state index in [1.165, 1.54) is 0 Å². The molecule has 0 radical (unpaired) electrons. The normalized spacial score (nSPS) is 47.8. The van der Waals surface area contributed by atoms with E-state index in [1.54, 1.807) is 0 Å². The molecule has 10 heavy (non-hydrogen) atoms. The summed E-state index contributed by atoms with van der Waals surface area (Å²) < 4.78 is 0. The summed E-state index contributed by atoms with van der Waals surface area (Å²) in [6, 6.07) is 0. The van der Waals surface area contributed by atoms with Crippen LogP contribution in [0.3, 0.4) is 0 Å². The second kappa shape index (κ2) is 1.52. The van der Waals surface area contributed by atoms with E-state index < -0.39 is 0 Å². The zero-order valence-corrected chi connectivity index (χ0v) is 5.62. The molecule has 0 aliphatic heterocycles. The molecule has 0 aromatic heterocycles. The lowest BCUT2D eigenvalue weighted by Gasteiger charge is -2.55. The Morgan fingerprint density at radius 1 is 0.800 bits per heavy atom. The Hall–Kier alpha value is -0.600. The van der Waals surface area contributed by atoms with E-state index in [4.69, 9.17) is 10.2 Å². The Labute approximate surface area is 59.5 Å². The predicted molar refractivity (Wildman–Crippen MR) is 37.3 cm³/mol. The van der Waals surface area contributed by atoms with Gasteiger partial charge in [0.05, 0.1) is 13.2 Å². The maximum absolute atomic E-state index is 8.95. The van der Waals surface area contributed by atoms with Crippen molar-refractivity contribution in [1.82, 2.24) is 0 Å². The fourth-order valence-corrected chi connectivity index (χ4v) is 1.64. The standard InChI is InChI=1S/C8H10O2/c9-5-7-1-2-8(7,6-10)4-3-7/h1-4,9-10H,5-6H2. The van der Waals surface area contributed by atoms with Gasteiger partial charge in [-0.25, -0.2) is 0 Å². The van der Waals surface area contributed by atoms with Crippen molar-refractivity contribution in [3.63, 3.8) is 0 Å². The maximum atomic E-state index is 8.95. The van der Waals surface area contributed by atoms with Crippen LogP contribution >= 0.6 is 0 Å². The van der Waals surface area contributed by atoms with Gasteiger partial charge >= 0.3 is 0 Å². The van der Waals surface area contributed by atoms with Gasteiger partial charge in [0.1, 0.15) is 0 Å². The fourth-order valence-electron chi connectivity index (χ4n) is 1.64. The smallest absolute Gasteiger partial charge is 0.0569 e. The molecule has 0 heterocycles. The summed E-state index contributed by atoms with van der Waals surface area (Å²) >= 11 is 0. The third kappa shape index (κ3) is 0.376. The lowest BCUT2D eigenvalue weighted by Crippen LogP contribution is -2.54. The molecule has 0 atom stereocenters. The zero-order chi connectivity index (χ0) is 7.24. The Kier molecular flexibility index (Phi) is 0.932. The van der Waals surface area contributed by atoms with E-state index in [0.29, 0.717) is 0 Å². The van der Waals surface area contributed by atoms with Crippen LogP contribution in [-0.2, 0) is 0 Å². The Morgan fingerprint density at radius 2 is 1.10 bits per heavy atom. The van der Waals surface area contributed by atoms with Crippen LogP contribution in [0.1, 0.15) is 0 Å². The zero-order valence-electron chi connectivity index (χ0n) is 5.62. The minimum Gasteiger partial charge on any atom is -0.395 e. The van der Waals surface area contributed by atoms with Crippen LogP contribution < -0.4 is 0 Å². The first-order valence-electron chi connectivity index (χ1n) is 3.41. The van der Waals surface area contributed by atoms with Gasteiger partial charge in [-0.15, -0.1) is 0 Å². The average Bonchev–Trinajstić information content (AvgIpc) is 1.96. The van der Waals surface area contributed by atoms with Gasteiger partial charge in [0, 0.05) is 10.8 Å². The second-order valence-electron chi connectivity index (χ2n) is 3.06. The number of hydrogen-bond donors (Lipinski definition) is 2. The van der Waals surface area contributed by atoms with Crippen molar-refractivity contribution in [1.29, 1.82) is 0 Å². The van der Waals surface area contributed by atoms with Crippen molar-refractivity contribution in [2.75, 3.05) is 13.2 Å². The van der Waals surface area contributed by atoms with Crippen LogP contribution in [0.2, 0.25) is 0 Å². The number of aliphatic hydroxyl groups excluding tert-OH is 2. The van der Waals surface area contributed by atoms with Crippen molar-refractivity contribution >= 4 is 0 Å². The predicted octanol–water partition coefficient (Wildman–Crippen LogP) is 0.0834. The molecule has 0 aromatic carbocycles. The minimum absolute atomic E-state index is 0.112. The third-order valence-corrected chi connectivity index (χ3v) is 2.75. The molecule has 0 unspecified atom stereocenters. The van der Waals surface area contributed by atoms with Crippen LogP contribution in [0.5, 0.6) is 0 Å². The van der Waals surface area contributed by atoms with Crippen LogP contribution in [0.4, 0.5) is 0 Å². The molecule has 0 fully saturated rings. The molecule has 54 valence electrons. The highest BCUT2D eigenvalue weighted by molar-refractivity contribution is 5.46. The van der Waals surface area contributed by atoms with Gasteiger partial charge in [0.2, 0.25) is 0 Å². The van der Waals surface area contributed by atoms with Crippen molar-refractivity contribution in [3.8, 4) is 0 Å². The lowest BCUT2D eigenvalue weighted by molar-refractivity contribution is 0.0308. The molecule has 2 rings (SSSR count). The fraction of sp³-hybridized carbons (Fsp3) is 0.500. The SMILES string of the molecule is OCC12C=CC1(CO)C=C2. The van der Waals surface area contributed by atoms with Crippen LogP contribution in [0.25, 0.3) is 0 Å². The van der Waals surface area contributed by atoms with Crippen molar-refractivity contribution in [3.05, 3.63) is 24.3 Å². The first kappa shape index (κ1) is 6.13. The summed E-state index contributed by atoms with van der Waals surface area (Å²) in [6.45, 7) is 0.223. The van der Waals surface area contributed by atoms with Crippen LogP contribution in [0, 0.1) is 10.8 Å². The highest BCUT2D eigenvalue weighted by Crippen LogP contribution is 2.58. The number of rotatable bonds is 2. The van der Waals surface area contributed by atoms with Crippen molar-refractivity contribution in [2.45, 2.75) is 0 Å². The number of aliphatic hydroxyl groups is 2. The summed E-state index contributed by atoms with van der Waals surface area (Å²) in [5.74, 6) is 0. The Morgan fingerprint density at radius 3 is 1.20 bits per heavy atom. The van der Waals surface area contributed by atoms with Gasteiger partial charge in [0.15, 0.2) is 0 Å². The first-order chi connectivity index (χ1) is 4.79. The van der Waals surface area contributed by atoms with Gasteiger partial charge < -0.3 is 10.2 Å². The van der Waals surface area contributed by atoms with Gasteiger partial charge in [-0.3, -0.25) is 0 Å². The summed E-state index contributed by atoms with van der Waals surface area (Å²) in [7, 11) is 0. The minimum atomic E-state index is -0.207. The monoisotopic (exact) mass is 138 g/mol. The summed E-state index contributed by atoms with van der Waals surface area (Å²) in [5.41, 5.74) is -0.413. The van der Waals surface area contributed by atoms with E-state index in [-0.39, 0.29) is 24.0 Å². The second-order valence-corrected chi connectivity index (χ2v) is 3.06. The third-order valence-electron chi connectivity index (χ3n) is 2.75. The van der Waals surface area contributed by atoms with Gasteiger partial charge in [0.25, 0.3) is 0 Å². The summed E-state index contributed by atoms with van der Waals surface area (Å²) in [5, 5.41) is 17.9. The molecule has 2 N–H and O–H groups in total. The van der Waals surface area contributed by atoms with E-state index in [0.717, 1.165) is 0 Å². The van der Waals surface area contributed by atoms with Crippen LogP contribution in [-0.4, -0.2) is 23.4 Å². The molecule has 0 saturated heterocycles. The van der Waals surface area contributed by atoms with Crippen molar-refractivity contribution < 1.29 is 10.2 Å². The maximum Gasteiger partial charge on any atom is 0.0569 e. The molecule has 0 bridgehead atoms. The van der Waals surface area contributed by atoms with E-state index in [9.17, 15) is 0 Å². The molecule has 2 aliphatic carbocycles. The van der Waals surface area contributed by atoms with Crippen LogP contribution in [0.15, 0.2) is 24.3 Å². The highest BCUT2D eigenvalue weighted by Gasteiger charge is 2.56. The van der Waals surface area contributed by atoms with E-state index in [1.807, 2.05) is 24.3 Å². The van der Waals surface area contributed by atoms with Crippen molar-refractivity contribution in [2.24, 2.45) is 10.8 Å². The number of hydrogen-bond acceptors (Lipinski definition) is 2. The molecule has 0 aromatic rings. The van der Waals surface area contributed by atoms with Gasteiger partial charge in [-0.1, -0.05) is 24.3 Å². The molecular weight excluding hydrogens is 128 g/mol. The van der Waals surface area contributed by atoms with E-state index >= 15 is 0 Å². The average molecular weight is 138 g/mol. The molecule has 2 aliphatic rings. The lowest BCUT2D eigenvalue weighted by atomic mass is 9.49. The molecule has 2 nitrogen and oxygen atoms in total. The number of fused-ring (bicyclic) bond motifs is 1. The van der Waals surface area contributed by atoms with E-state index in [2.05, 4.69) is 0 Å². The molecule has 2 heteroatoms. The highest BCUT2D eigenvalue weighted by atomic mass is 16.3. The Balaban J connectivity index is 2.32. The quantitative estimate of drug-likeness (QED) is 0.531. The molecule has 0 amide bonds. The molecular formula is C8H10O2. The topological polar surface area (TPSA) is 40.5 Å². The summed E-state index contributed by atoms with van der Waals surface area (Å²) in [6.07, 6.45) is 7.79. The Bertz CT molecular complexity index is 179. The first-order valence-corrected chi connectivity index (χ1v) is 3.41. The summed E-state index contributed by atoms with van der Waals surface area (Å²) in [4.78, 5) is 0.